The van der Waals surface area contributed by atoms with Gasteiger partial charge in [0, 0.05) is 57.7 Å². The van der Waals surface area contributed by atoms with E-state index < -0.39 is 187 Å². The van der Waals surface area contributed by atoms with Crippen LogP contribution in [0.2, 0.25) is 0 Å². The summed E-state index contributed by atoms with van der Waals surface area (Å²) in [7, 11) is -19.8. The average Bonchev–Trinajstić information content (AvgIpc) is 1.55. The Morgan fingerprint density at radius 2 is 1.48 bits per heavy atom. The number of anilines is 1. The van der Waals surface area contributed by atoms with Crippen molar-refractivity contribution in [1.82, 2.24) is 29.9 Å². The largest absolute Gasteiger partial charge is 0.524 e. The van der Waals surface area contributed by atoms with Crippen LogP contribution in [0.5, 0.6) is 5.75 Å². The first-order valence-electron chi connectivity index (χ1n) is 25.7. The van der Waals surface area contributed by atoms with Gasteiger partial charge in [0.15, 0.2) is 21.3 Å². The van der Waals surface area contributed by atoms with Crippen LogP contribution in [0.25, 0.3) is 22.0 Å². The van der Waals surface area contributed by atoms with E-state index in [2.05, 4.69) is 32.3 Å². The molecule has 8 rings (SSSR count). The number of phosphoric ester groups is 1. The molecule has 2 aliphatic rings. The van der Waals surface area contributed by atoms with Crippen LogP contribution in [0.1, 0.15) is 110 Å². The molecular formula is C53H53F10N7O13P2S2. The minimum atomic E-state index is -5.56. The third-order valence-electron chi connectivity index (χ3n) is 14.9. The molecule has 87 heavy (non-hydrogen) atoms. The summed E-state index contributed by atoms with van der Waals surface area (Å²) in [5.41, 5.74) is -8.54. The first kappa shape index (κ1) is 66.2. The average molecular weight is 1310 g/mol. The number of sulfonamides is 1. The van der Waals surface area contributed by atoms with Crippen molar-refractivity contribution < 1.29 is 104 Å². The van der Waals surface area contributed by atoms with E-state index in [1.165, 1.54) is 53.7 Å². The highest BCUT2D eigenvalue weighted by molar-refractivity contribution is 7.93. The number of carbonyl (C=O) groups excluding carboxylic acids is 2. The lowest BCUT2D eigenvalue weighted by Gasteiger charge is -2.34. The van der Waals surface area contributed by atoms with Gasteiger partial charge in [0.25, 0.3) is 5.92 Å². The zero-order valence-corrected chi connectivity index (χ0v) is 50.2. The second-order valence-corrected chi connectivity index (χ2v) is 29.6. The maximum absolute atomic E-state index is 16.0. The van der Waals surface area contributed by atoms with Gasteiger partial charge >= 0.3 is 27.8 Å². The van der Waals surface area contributed by atoms with Crippen molar-refractivity contribution in [3.63, 3.8) is 0 Å². The molecule has 34 heteroatoms. The lowest BCUT2D eigenvalue weighted by Crippen LogP contribution is -2.40. The highest BCUT2D eigenvalue weighted by Crippen LogP contribution is 2.64. The van der Waals surface area contributed by atoms with Gasteiger partial charge in [0.1, 0.15) is 46.6 Å². The van der Waals surface area contributed by atoms with E-state index in [9.17, 15) is 81.5 Å². The number of aryl methyl sites for hydroxylation is 2. The molecule has 3 atom stereocenters. The molecule has 2 aliphatic carbocycles. The molecule has 0 unspecified atom stereocenters. The summed E-state index contributed by atoms with van der Waals surface area (Å²) in [6.07, 6.45) is -11.2. The Labute approximate surface area is 489 Å². The summed E-state index contributed by atoms with van der Waals surface area (Å²) in [6.45, 7) is 3.98. The summed E-state index contributed by atoms with van der Waals surface area (Å²) in [5, 5.41) is 8.65. The Kier molecular flexibility index (Phi) is 17.1. The third-order valence-corrected chi connectivity index (χ3v) is 19.3. The van der Waals surface area contributed by atoms with Crippen LogP contribution < -0.4 is 19.5 Å². The van der Waals surface area contributed by atoms with Crippen LogP contribution in [0, 0.1) is 43.2 Å². The maximum Gasteiger partial charge on any atom is 0.524 e. The standard InChI is InChI=1S/C53H53F10N7O13P2S2/c1-26-9-11-34(45-41(26)48(67-69(45)25-51(56,57)58)70(87(8,81)82)40(72)23-49(3,4)43-27(2)17-32(84(73,74)75)22-38(43)83-85(76,77)78)33-12-10-31(15-16-50(5,6)86(7,79)80)64-44(33)37(20-28-18-29(54)21-30(55)19-28)65-39(71)24-68-47-42(46(66-68)53(61,62)63)35-13-14-36(35)52(47,59)60/h9-12,17-19,21-22,35-37H,13-14,20,23-25H2,1-8H3,(H,65,71)(H2,73,74,75)(H2,76,77,78)/t35-,36+,37-/m0/s1. The highest BCUT2D eigenvalue weighted by Gasteiger charge is 2.64. The minimum absolute atomic E-state index is 0.0394. The zero-order chi connectivity index (χ0) is 65.1. The first-order chi connectivity index (χ1) is 39.6. The van der Waals surface area contributed by atoms with E-state index in [0.29, 0.717) is 18.4 Å². The molecule has 3 aromatic carbocycles. The molecule has 2 amide bonds. The van der Waals surface area contributed by atoms with Crippen molar-refractivity contribution in [2.24, 2.45) is 5.92 Å². The van der Waals surface area contributed by atoms with Crippen LogP contribution in [0.3, 0.4) is 0 Å². The van der Waals surface area contributed by atoms with Crippen LogP contribution in [-0.2, 0) is 75.6 Å². The van der Waals surface area contributed by atoms with Crippen LogP contribution >= 0.6 is 15.4 Å². The number of phosphoric acid groups is 1. The fourth-order valence-corrected chi connectivity index (χ4v) is 13.1. The van der Waals surface area contributed by atoms with Gasteiger partial charge in [-0.25, -0.2) is 35.2 Å². The molecule has 470 valence electrons. The zero-order valence-electron chi connectivity index (χ0n) is 46.8. The lowest BCUT2D eigenvalue weighted by molar-refractivity contribution is -0.144. The number of carbonyl (C=O) groups is 2. The normalized spacial score (nSPS) is 16.8. The molecule has 1 fully saturated rings. The van der Waals surface area contributed by atoms with E-state index in [4.69, 9.17) is 4.52 Å². The Morgan fingerprint density at radius 1 is 0.862 bits per heavy atom. The van der Waals surface area contributed by atoms with E-state index in [1.54, 1.807) is 0 Å². The number of sulfone groups is 1. The first-order valence-corrected chi connectivity index (χ1v) is 32.6. The third kappa shape index (κ3) is 13.6. The monoisotopic (exact) mass is 1310 g/mol. The number of pyridine rings is 1. The second kappa shape index (κ2) is 22.4. The smallest absolute Gasteiger partial charge is 0.404 e. The topological polar surface area (TPSA) is 291 Å². The number of hydrogen-bond donors (Lipinski definition) is 5. The summed E-state index contributed by atoms with van der Waals surface area (Å²) in [5.74, 6) is -8.67. The fraction of sp³-hybridized carbons (Fsp3) is 0.415. The molecule has 6 aromatic rings. The molecule has 3 heterocycles. The SMILES string of the molecule is Cc1cc(P(=O)(O)O)cc(OP(=O)(O)O)c1C(C)(C)CC(=O)N(c1nn(CC(F)(F)F)c2c(-c3ccc(C#CC(C)(C)S(C)(=O)=O)nc3[C@H](Cc3cc(F)cc(F)c3)NC(=O)Cn3nc(C(F)(F)F)c4c3C(F)(F)[C@@H]3CC[C@H]43)ccc(C)c12)S(C)(=O)=O. The second-order valence-electron chi connectivity index (χ2n) is 22.4. The van der Waals surface area contributed by atoms with Gasteiger partial charge in [-0.3, -0.25) is 33.3 Å². The van der Waals surface area contributed by atoms with E-state index in [-0.39, 0.29) is 60.0 Å². The van der Waals surface area contributed by atoms with Gasteiger partial charge < -0.3 is 19.6 Å². The molecule has 3 aromatic heterocycles. The van der Waals surface area contributed by atoms with E-state index >= 15 is 17.6 Å². The van der Waals surface area contributed by atoms with Gasteiger partial charge in [-0.1, -0.05) is 31.9 Å². The maximum atomic E-state index is 16.0. The van der Waals surface area contributed by atoms with Crippen molar-refractivity contribution in [1.29, 1.82) is 0 Å². The van der Waals surface area contributed by atoms with Crippen molar-refractivity contribution >= 4 is 69.1 Å². The van der Waals surface area contributed by atoms with Gasteiger partial charge in [0.05, 0.1) is 28.8 Å². The molecule has 0 spiro atoms. The number of halogens is 10. The number of rotatable bonds is 17. The molecule has 0 radical (unpaired) electrons. The van der Waals surface area contributed by atoms with Gasteiger partial charge in [0.2, 0.25) is 21.8 Å². The summed E-state index contributed by atoms with van der Waals surface area (Å²) in [4.78, 5) is 73.3. The van der Waals surface area contributed by atoms with Gasteiger partial charge in [-0.15, -0.1) is 0 Å². The predicted octanol–water partition coefficient (Wildman–Crippen LogP) is 8.58. The molecule has 5 N–H and O–H groups in total. The highest BCUT2D eigenvalue weighted by atomic mass is 32.2. The number of amides is 2. The van der Waals surface area contributed by atoms with Gasteiger partial charge in [-0.2, -0.15) is 49.6 Å². The summed E-state index contributed by atoms with van der Waals surface area (Å²) < 4.78 is 232. The number of alkyl halides is 8. The van der Waals surface area contributed by atoms with Crippen molar-refractivity contribution in [3.8, 4) is 28.7 Å². The number of nitrogens with zero attached hydrogens (tertiary/aromatic N) is 6. The summed E-state index contributed by atoms with van der Waals surface area (Å²) >= 11 is 0. The number of nitrogens with one attached hydrogen (secondary N) is 1. The van der Waals surface area contributed by atoms with Crippen LogP contribution in [0.4, 0.5) is 49.7 Å². The Balaban J connectivity index is 1.36. The van der Waals surface area contributed by atoms with Crippen molar-refractivity contribution in [2.75, 3.05) is 16.8 Å². The number of aromatic nitrogens is 5. The summed E-state index contributed by atoms with van der Waals surface area (Å²) in [6, 6.07) is 6.30. The van der Waals surface area contributed by atoms with E-state index in [0.717, 1.165) is 36.6 Å². The number of fused-ring (bicyclic) bond motifs is 4. The molecule has 0 bridgehead atoms. The molecule has 1 saturated carbocycles. The fourth-order valence-electron chi connectivity index (χ4n) is 10.9. The molecular weight excluding hydrogens is 1260 g/mol. The minimum Gasteiger partial charge on any atom is -0.404 e. The molecule has 0 saturated heterocycles. The lowest BCUT2D eigenvalue weighted by atomic mass is 9.73. The Morgan fingerprint density at radius 3 is 2.02 bits per heavy atom. The predicted molar refractivity (Wildman–Crippen MR) is 293 cm³/mol. The Hall–Kier alpha value is -6.71. The Bertz CT molecular complexity index is 4220. The molecule has 0 aliphatic heterocycles. The molecule has 20 nitrogen and oxygen atoms in total. The van der Waals surface area contributed by atoms with E-state index in [1.807, 2.05) is 0 Å². The van der Waals surface area contributed by atoms with Crippen molar-refractivity contribution in [2.45, 2.75) is 121 Å². The van der Waals surface area contributed by atoms with Crippen LogP contribution in [0.15, 0.2) is 54.6 Å². The quantitative estimate of drug-likeness (QED) is 0.0324. The number of hydrogen-bond acceptors (Lipinski definition) is 12. The van der Waals surface area contributed by atoms with Crippen LogP contribution in [-0.4, -0.2) is 96.2 Å². The number of benzene rings is 3. The van der Waals surface area contributed by atoms with Gasteiger partial charge in [-0.05, 0) is 112 Å². The van der Waals surface area contributed by atoms with Crippen molar-refractivity contribution in [3.05, 3.63) is 117 Å².